The maximum atomic E-state index is 9.58. The molecule has 0 aromatic heterocycles. The zero-order valence-corrected chi connectivity index (χ0v) is 3.59. The molecule has 0 saturated carbocycles. The maximum absolute atomic E-state index is 9.58. The number of hydrogen-bond donors (Lipinski definition) is 1. The molecule has 0 unspecified atom stereocenters. The number of allylic oxidation sites excluding steroid dienone is 1. The molecule has 0 spiro atoms. The van der Waals surface area contributed by atoms with Crippen LogP contribution >= 0.6 is 0 Å². The largest absolute Gasteiger partial charge is 0.478 e. The van der Waals surface area contributed by atoms with Crippen LogP contribution in [0.1, 0.15) is 0 Å². The van der Waals surface area contributed by atoms with Gasteiger partial charge in [-0.3, -0.25) is 0 Å². The van der Waals surface area contributed by atoms with Gasteiger partial charge in [0.1, 0.15) is 0 Å². The van der Waals surface area contributed by atoms with Crippen molar-refractivity contribution in [2.75, 3.05) is 0 Å². The van der Waals surface area contributed by atoms with Crippen LogP contribution in [0.2, 0.25) is 0 Å². The molecule has 0 aliphatic carbocycles. The first-order valence-electron chi connectivity index (χ1n) is 1.63. The molecule has 0 atom stereocenters. The lowest BCUT2D eigenvalue weighted by Crippen LogP contribution is -1.83. The number of terminal acetylenes is 1. The van der Waals surface area contributed by atoms with Gasteiger partial charge in [-0.1, -0.05) is 5.92 Å². The van der Waals surface area contributed by atoms with Gasteiger partial charge in [-0.25, -0.2) is 4.79 Å². The van der Waals surface area contributed by atoms with E-state index in [1.165, 1.54) is 0 Å². The van der Waals surface area contributed by atoms with Crippen LogP contribution in [0.3, 0.4) is 0 Å². The molecule has 36 valence electrons. The number of aliphatic carboxylic acids is 1. The van der Waals surface area contributed by atoms with Gasteiger partial charge in [0.15, 0.2) is 0 Å². The van der Waals surface area contributed by atoms with Crippen molar-refractivity contribution in [3.8, 4) is 12.3 Å². The Hall–Kier alpha value is -1.23. The van der Waals surface area contributed by atoms with E-state index in [4.69, 9.17) is 5.11 Å². The summed E-state index contributed by atoms with van der Waals surface area (Å²) in [4.78, 5) is 9.58. The lowest BCUT2D eigenvalue weighted by atomic mass is 10.5. The summed E-state index contributed by atoms with van der Waals surface area (Å²) in [5, 5.41) is 7.86. The molecule has 0 fully saturated rings. The normalized spacial score (nSPS) is 8.43. The number of carboxylic acid groups (broad SMARTS) is 1. The molecule has 2 nitrogen and oxygen atoms in total. The Labute approximate surface area is 41.5 Å². The topological polar surface area (TPSA) is 37.3 Å². The quantitative estimate of drug-likeness (QED) is 0.375. The van der Waals surface area contributed by atoms with Crippen molar-refractivity contribution < 1.29 is 9.90 Å². The van der Waals surface area contributed by atoms with Gasteiger partial charge in [0.05, 0.1) is 0 Å². The molecule has 0 aliphatic heterocycles. The Balaban J connectivity index is 3.53. The average Bonchev–Trinajstić information content (AvgIpc) is 1.61. The standard InChI is InChI=1S/C5H4O2/c1-2-3-4-5(6)7/h1,3-4H,(H,6,7)/b4-3+. The minimum Gasteiger partial charge on any atom is -0.478 e. The predicted molar refractivity (Wildman–Crippen MR) is 25.6 cm³/mol. The van der Waals surface area contributed by atoms with E-state index in [2.05, 4.69) is 6.42 Å². The van der Waals surface area contributed by atoms with Gasteiger partial charge in [-0.05, 0) is 6.08 Å². The van der Waals surface area contributed by atoms with E-state index >= 15 is 0 Å². The fourth-order valence-electron chi connectivity index (χ4n) is 0.119. The average molecular weight is 96.1 g/mol. The van der Waals surface area contributed by atoms with Gasteiger partial charge >= 0.3 is 5.97 Å². The van der Waals surface area contributed by atoms with E-state index < -0.39 is 5.97 Å². The van der Waals surface area contributed by atoms with E-state index in [1.807, 2.05) is 5.92 Å². The summed E-state index contributed by atoms with van der Waals surface area (Å²) in [6.45, 7) is 0. The molecule has 0 saturated heterocycles. The van der Waals surface area contributed by atoms with E-state index in [9.17, 15) is 4.79 Å². The fourth-order valence-corrected chi connectivity index (χ4v) is 0.119. The van der Waals surface area contributed by atoms with Crippen LogP contribution in [0.4, 0.5) is 0 Å². The lowest BCUT2D eigenvalue weighted by Gasteiger charge is -1.68. The van der Waals surface area contributed by atoms with Crippen LogP contribution in [-0.4, -0.2) is 11.1 Å². The highest BCUT2D eigenvalue weighted by Gasteiger charge is 1.78. The van der Waals surface area contributed by atoms with E-state index in [-0.39, 0.29) is 0 Å². The van der Waals surface area contributed by atoms with Crippen molar-refractivity contribution in [3.05, 3.63) is 12.2 Å². The monoisotopic (exact) mass is 96.0 g/mol. The minimum atomic E-state index is -1.02. The second-order valence-corrected chi connectivity index (χ2v) is 0.838. The van der Waals surface area contributed by atoms with Crippen molar-refractivity contribution in [1.29, 1.82) is 0 Å². The fraction of sp³-hybridized carbons (Fsp3) is 0. The van der Waals surface area contributed by atoms with Gasteiger partial charge < -0.3 is 5.11 Å². The van der Waals surface area contributed by atoms with Crippen LogP contribution in [0, 0.1) is 12.3 Å². The van der Waals surface area contributed by atoms with Crippen molar-refractivity contribution >= 4 is 5.97 Å². The Morgan fingerprint density at radius 1 is 1.86 bits per heavy atom. The van der Waals surface area contributed by atoms with E-state index in [0.717, 1.165) is 12.2 Å². The first kappa shape index (κ1) is 5.77. The van der Waals surface area contributed by atoms with E-state index in [0.29, 0.717) is 0 Å². The van der Waals surface area contributed by atoms with Crippen molar-refractivity contribution in [3.63, 3.8) is 0 Å². The number of carbonyl (C=O) groups is 1. The van der Waals surface area contributed by atoms with Crippen LogP contribution in [0.15, 0.2) is 12.2 Å². The van der Waals surface area contributed by atoms with Crippen molar-refractivity contribution in [1.82, 2.24) is 0 Å². The summed E-state index contributed by atoms with van der Waals surface area (Å²) in [5.41, 5.74) is 0. The second-order valence-electron chi connectivity index (χ2n) is 0.838. The zero-order chi connectivity index (χ0) is 5.70. The minimum absolute atomic E-state index is 0.903. The second kappa shape index (κ2) is 2.98. The molecule has 0 rings (SSSR count). The molecule has 0 aliphatic rings. The van der Waals surface area contributed by atoms with Crippen molar-refractivity contribution in [2.24, 2.45) is 0 Å². The summed E-state index contributed by atoms with van der Waals surface area (Å²) in [6.07, 6.45) is 6.71. The molecule has 0 amide bonds. The van der Waals surface area contributed by atoms with Gasteiger partial charge in [0.2, 0.25) is 0 Å². The molecule has 0 aromatic carbocycles. The smallest absolute Gasteiger partial charge is 0.328 e. The zero-order valence-electron chi connectivity index (χ0n) is 3.59. The van der Waals surface area contributed by atoms with Gasteiger partial charge in [-0.2, -0.15) is 0 Å². The van der Waals surface area contributed by atoms with E-state index in [1.54, 1.807) is 0 Å². The van der Waals surface area contributed by atoms with Crippen LogP contribution in [-0.2, 0) is 4.79 Å². The summed E-state index contributed by atoms with van der Waals surface area (Å²) < 4.78 is 0. The third-order valence-corrected chi connectivity index (χ3v) is 0.322. The number of rotatable bonds is 1. The summed E-state index contributed by atoms with van der Waals surface area (Å²) in [7, 11) is 0. The lowest BCUT2D eigenvalue weighted by molar-refractivity contribution is -0.131. The molecular weight excluding hydrogens is 92.1 g/mol. The maximum Gasteiger partial charge on any atom is 0.328 e. The summed E-state index contributed by atoms with van der Waals surface area (Å²) >= 11 is 0. The third kappa shape index (κ3) is 4.77. The molecule has 0 bridgehead atoms. The Morgan fingerprint density at radius 2 is 2.43 bits per heavy atom. The Kier molecular flexibility index (Phi) is 2.46. The number of carboxylic acids is 1. The summed E-state index contributed by atoms with van der Waals surface area (Å²) in [5.74, 6) is 1.02. The molecule has 0 radical (unpaired) electrons. The Bertz CT molecular complexity index is 128. The van der Waals surface area contributed by atoms with Gasteiger partial charge in [0.25, 0.3) is 0 Å². The molecular formula is C5H4O2. The number of hydrogen-bond acceptors (Lipinski definition) is 1. The van der Waals surface area contributed by atoms with Crippen LogP contribution in [0.5, 0.6) is 0 Å². The first-order chi connectivity index (χ1) is 3.27. The molecule has 0 aromatic rings. The molecule has 0 heterocycles. The molecule has 2 heteroatoms. The highest BCUT2D eigenvalue weighted by atomic mass is 16.4. The Morgan fingerprint density at radius 3 is 2.57 bits per heavy atom. The first-order valence-corrected chi connectivity index (χ1v) is 1.63. The van der Waals surface area contributed by atoms with Gasteiger partial charge in [0, 0.05) is 6.08 Å². The molecule has 1 N–H and O–H groups in total. The van der Waals surface area contributed by atoms with Crippen LogP contribution < -0.4 is 0 Å². The highest BCUT2D eigenvalue weighted by molar-refractivity contribution is 5.80. The van der Waals surface area contributed by atoms with Crippen LogP contribution in [0.25, 0.3) is 0 Å². The SMILES string of the molecule is C#C/C=C/C(=O)O. The summed E-state index contributed by atoms with van der Waals surface area (Å²) in [6, 6.07) is 0. The van der Waals surface area contributed by atoms with Gasteiger partial charge in [-0.15, -0.1) is 6.42 Å². The van der Waals surface area contributed by atoms with Crippen molar-refractivity contribution in [2.45, 2.75) is 0 Å². The highest BCUT2D eigenvalue weighted by Crippen LogP contribution is 1.66. The third-order valence-electron chi connectivity index (χ3n) is 0.322. The predicted octanol–water partition coefficient (Wildman–Crippen LogP) is 0.260. The molecule has 7 heavy (non-hydrogen) atoms.